The molecule has 1 aromatic carbocycles. The summed E-state index contributed by atoms with van der Waals surface area (Å²) in [4.78, 5) is 0. The van der Waals surface area contributed by atoms with Crippen molar-refractivity contribution in [3.05, 3.63) is 36.2 Å². The molecule has 1 heterocycles. The molecule has 20 heavy (non-hydrogen) atoms. The van der Waals surface area contributed by atoms with E-state index < -0.39 is 0 Å². The number of hydrogen-bond donors (Lipinski definition) is 3. The molecule has 1 aromatic heterocycles. The molecule has 0 aliphatic rings. The van der Waals surface area contributed by atoms with Gasteiger partial charge in [0.25, 0.3) is 0 Å². The third-order valence-electron chi connectivity index (χ3n) is 3.05. The van der Waals surface area contributed by atoms with Crippen LogP contribution in [0.5, 0.6) is 5.75 Å². The highest BCUT2D eigenvalue weighted by Crippen LogP contribution is 2.33. The zero-order valence-corrected chi connectivity index (χ0v) is 12.2. The quantitative estimate of drug-likeness (QED) is 0.799. The Hall–Kier alpha value is -2.01. The van der Waals surface area contributed by atoms with Gasteiger partial charge in [0, 0.05) is 18.5 Å². The number of para-hydroxylation sites is 2. The summed E-state index contributed by atoms with van der Waals surface area (Å²) in [7, 11) is 0. The van der Waals surface area contributed by atoms with Crippen molar-refractivity contribution in [3.63, 3.8) is 0 Å². The molecule has 0 amide bonds. The average molecular weight is 274 g/mol. The van der Waals surface area contributed by atoms with Crippen LogP contribution in [0.4, 0.5) is 5.69 Å². The summed E-state index contributed by atoms with van der Waals surface area (Å²) in [6, 6.07) is 7.20. The van der Waals surface area contributed by atoms with Crippen LogP contribution in [0.25, 0.3) is 5.69 Å². The molecular formula is C15H22N4O. The summed E-state index contributed by atoms with van der Waals surface area (Å²) >= 11 is 0. The summed E-state index contributed by atoms with van der Waals surface area (Å²) in [5.41, 5.74) is 8.08. The second kappa shape index (κ2) is 5.54. The van der Waals surface area contributed by atoms with Crippen molar-refractivity contribution in [2.45, 2.75) is 26.2 Å². The fourth-order valence-electron chi connectivity index (χ4n) is 2.23. The van der Waals surface area contributed by atoms with Crippen molar-refractivity contribution < 1.29 is 5.11 Å². The number of aromatic hydroxyl groups is 1. The smallest absolute Gasteiger partial charge is 0.141 e. The maximum atomic E-state index is 10.0. The molecular weight excluding hydrogens is 252 g/mol. The Bertz CT molecular complexity index is 584. The Labute approximate surface area is 119 Å². The maximum absolute atomic E-state index is 10.0. The monoisotopic (exact) mass is 274 g/mol. The van der Waals surface area contributed by atoms with E-state index in [-0.39, 0.29) is 11.2 Å². The fraction of sp³-hybridized carbons (Fsp3) is 0.400. The highest BCUT2D eigenvalue weighted by Gasteiger charge is 2.25. The van der Waals surface area contributed by atoms with Crippen molar-refractivity contribution in [2.75, 3.05) is 18.4 Å². The number of hydrogen-bond acceptors (Lipinski definition) is 4. The molecule has 5 nitrogen and oxygen atoms in total. The van der Waals surface area contributed by atoms with E-state index in [0.717, 1.165) is 11.4 Å². The van der Waals surface area contributed by atoms with E-state index >= 15 is 0 Å². The Morgan fingerprint density at radius 1 is 1.30 bits per heavy atom. The van der Waals surface area contributed by atoms with E-state index in [2.05, 4.69) is 31.2 Å². The molecule has 0 aliphatic carbocycles. The minimum absolute atomic E-state index is 0.115. The van der Waals surface area contributed by atoms with E-state index in [1.165, 1.54) is 0 Å². The topological polar surface area (TPSA) is 76.1 Å². The van der Waals surface area contributed by atoms with E-state index in [0.29, 0.717) is 18.8 Å². The van der Waals surface area contributed by atoms with Gasteiger partial charge in [0.1, 0.15) is 11.4 Å². The summed E-state index contributed by atoms with van der Waals surface area (Å²) in [5.74, 6) is 0.214. The predicted molar refractivity (Wildman–Crippen MR) is 81.5 cm³/mol. The molecule has 0 saturated heterocycles. The van der Waals surface area contributed by atoms with Crippen LogP contribution in [-0.2, 0) is 5.41 Å². The number of rotatable bonds is 4. The molecule has 2 rings (SSSR count). The molecule has 0 aliphatic heterocycles. The standard InChI is InChI=1S/C15H22N4O/c1-15(2,3)14-11(17-9-8-16)10-18-19(14)12-6-4-5-7-13(12)20/h4-7,10,17,20H,8-9,16H2,1-3H3. The summed E-state index contributed by atoms with van der Waals surface area (Å²) < 4.78 is 1.79. The zero-order chi connectivity index (χ0) is 14.8. The van der Waals surface area contributed by atoms with Gasteiger partial charge in [0.2, 0.25) is 0 Å². The maximum Gasteiger partial charge on any atom is 0.141 e. The SMILES string of the molecule is CC(C)(C)c1c(NCCN)cnn1-c1ccccc1O. The number of anilines is 1. The van der Waals surface area contributed by atoms with Gasteiger partial charge in [-0.3, -0.25) is 0 Å². The van der Waals surface area contributed by atoms with Gasteiger partial charge >= 0.3 is 0 Å². The van der Waals surface area contributed by atoms with E-state index in [9.17, 15) is 5.11 Å². The van der Waals surface area contributed by atoms with Gasteiger partial charge in [0.05, 0.1) is 17.6 Å². The van der Waals surface area contributed by atoms with Crippen molar-refractivity contribution in [3.8, 4) is 11.4 Å². The van der Waals surface area contributed by atoms with Crippen LogP contribution < -0.4 is 11.1 Å². The fourth-order valence-corrected chi connectivity index (χ4v) is 2.23. The Balaban J connectivity index is 2.54. The average Bonchev–Trinajstić information content (AvgIpc) is 2.80. The molecule has 4 N–H and O–H groups in total. The number of nitrogens with zero attached hydrogens (tertiary/aromatic N) is 2. The molecule has 2 aromatic rings. The first-order valence-corrected chi connectivity index (χ1v) is 6.76. The molecule has 0 spiro atoms. The lowest BCUT2D eigenvalue weighted by molar-refractivity contribution is 0.465. The second-order valence-electron chi connectivity index (χ2n) is 5.77. The Morgan fingerprint density at radius 2 is 2.00 bits per heavy atom. The van der Waals surface area contributed by atoms with Crippen molar-refractivity contribution in [1.82, 2.24) is 9.78 Å². The van der Waals surface area contributed by atoms with Crippen LogP contribution in [0.3, 0.4) is 0 Å². The minimum Gasteiger partial charge on any atom is -0.506 e. The van der Waals surface area contributed by atoms with Crippen molar-refractivity contribution in [1.29, 1.82) is 0 Å². The van der Waals surface area contributed by atoms with Crippen LogP contribution in [0, 0.1) is 0 Å². The van der Waals surface area contributed by atoms with Gasteiger partial charge in [-0.05, 0) is 12.1 Å². The molecule has 108 valence electrons. The number of aromatic nitrogens is 2. The Kier molecular flexibility index (Phi) is 3.99. The summed E-state index contributed by atoms with van der Waals surface area (Å²) in [5, 5.41) is 17.7. The van der Waals surface area contributed by atoms with E-state index in [4.69, 9.17) is 5.73 Å². The molecule has 0 saturated carbocycles. The number of nitrogens with one attached hydrogen (secondary N) is 1. The molecule has 0 radical (unpaired) electrons. The lowest BCUT2D eigenvalue weighted by Crippen LogP contribution is -2.21. The largest absolute Gasteiger partial charge is 0.506 e. The van der Waals surface area contributed by atoms with Gasteiger partial charge in [0.15, 0.2) is 0 Å². The molecule has 5 heteroatoms. The van der Waals surface area contributed by atoms with Crippen molar-refractivity contribution in [2.24, 2.45) is 5.73 Å². The number of benzene rings is 1. The molecule has 0 unspecified atom stereocenters. The number of phenols is 1. The number of phenolic OH excluding ortho intramolecular Hbond substituents is 1. The van der Waals surface area contributed by atoms with Gasteiger partial charge in [-0.15, -0.1) is 0 Å². The first-order chi connectivity index (χ1) is 9.45. The zero-order valence-electron chi connectivity index (χ0n) is 12.2. The number of nitrogens with two attached hydrogens (primary N) is 1. The Morgan fingerprint density at radius 3 is 2.60 bits per heavy atom. The van der Waals surface area contributed by atoms with Crippen LogP contribution >= 0.6 is 0 Å². The third kappa shape index (κ3) is 2.77. The van der Waals surface area contributed by atoms with Crippen LogP contribution in [0.1, 0.15) is 26.5 Å². The lowest BCUT2D eigenvalue weighted by atomic mass is 9.91. The second-order valence-corrected chi connectivity index (χ2v) is 5.77. The van der Waals surface area contributed by atoms with Gasteiger partial charge in [-0.1, -0.05) is 32.9 Å². The van der Waals surface area contributed by atoms with E-state index in [1.807, 2.05) is 12.1 Å². The summed E-state index contributed by atoms with van der Waals surface area (Å²) in [6.07, 6.45) is 1.78. The molecule has 0 bridgehead atoms. The molecule has 0 fully saturated rings. The van der Waals surface area contributed by atoms with E-state index in [1.54, 1.807) is 23.0 Å². The minimum atomic E-state index is -0.115. The van der Waals surface area contributed by atoms with Gasteiger partial charge in [-0.25, -0.2) is 4.68 Å². The predicted octanol–water partition coefficient (Wildman–Crippen LogP) is 2.25. The highest BCUT2D eigenvalue weighted by molar-refractivity contribution is 5.55. The van der Waals surface area contributed by atoms with Gasteiger partial charge in [-0.2, -0.15) is 5.10 Å². The van der Waals surface area contributed by atoms with Crippen LogP contribution in [0.2, 0.25) is 0 Å². The van der Waals surface area contributed by atoms with Crippen LogP contribution in [0.15, 0.2) is 30.5 Å². The van der Waals surface area contributed by atoms with Gasteiger partial charge < -0.3 is 16.2 Å². The highest BCUT2D eigenvalue weighted by atomic mass is 16.3. The third-order valence-corrected chi connectivity index (χ3v) is 3.05. The first-order valence-electron chi connectivity index (χ1n) is 6.76. The normalized spacial score (nSPS) is 11.6. The summed E-state index contributed by atoms with van der Waals surface area (Å²) in [6.45, 7) is 7.61. The lowest BCUT2D eigenvalue weighted by Gasteiger charge is -2.23. The van der Waals surface area contributed by atoms with Crippen LogP contribution in [-0.4, -0.2) is 28.0 Å². The van der Waals surface area contributed by atoms with Crippen molar-refractivity contribution >= 4 is 5.69 Å². The first kappa shape index (κ1) is 14.4. The molecule has 0 atom stereocenters.